The summed E-state index contributed by atoms with van der Waals surface area (Å²) in [6.07, 6.45) is 6.16. The van der Waals surface area contributed by atoms with Gasteiger partial charge in [-0.05, 0) is 37.8 Å². The molecule has 19 heavy (non-hydrogen) atoms. The molecule has 0 spiro atoms. The second-order valence-corrected chi connectivity index (χ2v) is 5.07. The van der Waals surface area contributed by atoms with E-state index in [0.717, 1.165) is 30.0 Å². The van der Waals surface area contributed by atoms with Crippen molar-refractivity contribution in [3.8, 4) is 5.75 Å². The van der Waals surface area contributed by atoms with Crippen molar-refractivity contribution in [1.82, 2.24) is 9.97 Å². The first kappa shape index (κ1) is 12.4. The minimum Gasteiger partial charge on any atom is -0.487 e. The molecule has 2 aromatic rings. The van der Waals surface area contributed by atoms with Crippen molar-refractivity contribution in [2.24, 2.45) is 0 Å². The van der Waals surface area contributed by atoms with Crippen LogP contribution in [0.3, 0.4) is 0 Å². The van der Waals surface area contributed by atoms with E-state index in [9.17, 15) is 0 Å². The van der Waals surface area contributed by atoms with Crippen LogP contribution in [0.15, 0.2) is 30.5 Å². The van der Waals surface area contributed by atoms with Gasteiger partial charge in [-0.1, -0.05) is 17.7 Å². The maximum absolute atomic E-state index is 6.06. The molecule has 1 aliphatic rings. The van der Waals surface area contributed by atoms with Gasteiger partial charge in [-0.2, -0.15) is 0 Å². The Balaban J connectivity index is 1.82. The van der Waals surface area contributed by atoms with Crippen molar-refractivity contribution >= 4 is 11.6 Å². The Morgan fingerprint density at radius 3 is 2.95 bits per heavy atom. The number of fused-ring (bicyclic) bond motifs is 1. The molecule has 0 N–H and O–H groups in total. The molecule has 0 atom stereocenters. The Labute approximate surface area is 117 Å². The van der Waals surface area contributed by atoms with Gasteiger partial charge in [0.1, 0.15) is 17.5 Å². The van der Waals surface area contributed by atoms with E-state index in [4.69, 9.17) is 16.3 Å². The van der Waals surface area contributed by atoms with E-state index in [0.29, 0.717) is 11.8 Å². The van der Waals surface area contributed by atoms with E-state index < -0.39 is 0 Å². The molecule has 3 rings (SSSR count). The Kier molecular flexibility index (Phi) is 3.65. The maximum atomic E-state index is 6.06. The zero-order valence-corrected chi connectivity index (χ0v) is 11.4. The molecule has 0 fully saturated rings. The number of aryl methyl sites for hydroxylation is 1. The van der Waals surface area contributed by atoms with Crippen LogP contribution in [0, 0.1) is 0 Å². The Morgan fingerprint density at radius 1 is 1.21 bits per heavy atom. The van der Waals surface area contributed by atoms with Gasteiger partial charge >= 0.3 is 0 Å². The van der Waals surface area contributed by atoms with Gasteiger partial charge in [-0.25, -0.2) is 4.98 Å². The SMILES string of the molecule is Clc1cc(OCc2ccccn2)c2c(n1)CCCC2. The lowest BCUT2D eigenvalue weighted by atomic mass is 9.95. The largest absolute Gasteiger partial charge is 0.487 e. The molecule has 2 aromatic heterocycles. The molecule has 0 amide bonds. The summed E-state index contributed by atoms with van der Waals surface area (Å²) < 4.78 is 5.88. The fraction of sp³-hybridized carbons (Fsp3) is 0.333. The standard InChI is InChI=1S/C15H15ClN2O/c16-15-9-14(12-6-1-2-7-13(12)18-15)19-10-11-5-3-4-8-17-11/h3-5,8-9H,1-2,6-7,10H2. The van der Waals surface area contributed by atoms with Crippen LogP contribution in [0.2, 0.25) is 5.15 Å². The minimum absolute atomic E-state index is 0.466. The summed E-state index contributed by atoms with van der Waals surface area (Å²) in [5.41, 5.74) is 3.22. The zero-order valence-electron chi connectivity index (χ0n) is 10.6. The first-order valence-corrected chi connectivity index (χ1v) is 6.92. The molecule has 0 aromatic carbocycles. The van der Waals surface area contributed by atoms with Crippen LogP contribution in [0.25, 0.3) is 0 Å². The number of rotatable bonds is 3. The Hall–Kier alpha value is -1.61. The molecule has 4 heteroatoms. The van der Waals surface area contributed by atoms with Crippen LogP contribution in [0.1, 0.15) is 29.8 Å². The average molecular weight is 275 g/mol. The molecule has 98 valence electrons. The molecule has 2 heterocycles. The molecule has 0 radical (unpaired) electrons. The van der Waals surface area contributed by atoms with Crippen molar-refractivity contribution in [1.29, 1.82) is 0 Å². The molecule has 0 aliphatic heterocycles. The molecule has 0 saturated carbocycles. The van der Waals surface area contributed by atoms with E-state index in [1.807, 2.05) is 24.3 Å². The average Bonchev–Trinajstić information content (AvgIpc) is 2.45. The van der Waals surface area contributed by atoms with Crippen LogP contribution >= 0.6 is 11.6 Å². The lowest BCUT2D eigenvalue weighted by Crippen LogP contribution is -2.09. The van der Waals surface area contributed by atoms with Gasteiger partial charge in [0.25, 0.3) is 0 Å². The number of hydrogen-bond donors (Lipinski definition) is 0. The topological polar surface area (TPSA) is 35.0 Å². The van der Waals surface area contributed by atoms with Gasteiger partial charge < -0.3 is 4.74 Å². The molecule has 0 saturated heterocycles. The van der Waals surface area contributed by atoms with Crippen molar-refractivity contribution in [2.75, 3.05) is 0 Å². The van der Waals surface area contributed by atoms with Gasteiger partial charge in [-0.15, -0.1) is 0 Å². The van der Waals surface area contributed by atoms with Crippen LogP contribution in [-0.4, -0.2) is 9.97 Å². The first-order valence-electron chi connectivity index (χ1n) is 6.54. The molecule has 0 unspecified atom stereocenters. The number of halogens is 1. The monoisotopic (exact) mass is 274 g/mol. The Bertz CT molecular complexity index is 572. The lowest BCUT2D eigenvalue weighted by molar-refractivity contribution is 0.296. The number of ether oxygens (including phenoxy) is 1. The third-order valence-electron chi connectivity index (χ3n) is 3.33. The third kappa shape index (κ3) is 2.87. The highest BCUT2D eigenvalue weighted by molar-refractivity contribution is 6.29. The van der Waals surface area contributed by atoms with Crippen LogP contribution < -0.4 is 4.74 Å². The number of nitrogens with zero attached hydrogens (tertiary/aromatic N) is 2. The van der Waals surface area contributed by atoms with Gasteiger partial charge in [0.05, 0.1) is 5.69 Å². The number of aromatic nitrogens is 2. The summed E-state index contributed by atoms with van der Waals surface area (Å²) >= 11 is 6.06. The molecule has 3 nitrogen and oxygen atoms in total. The quantitative estimate of drug-likeness (QED) is 0.803. The summed E-state index contributed by atoms with van der Waals surface area (Å²) in [4.78, 5) is 8.65. The minimum atomic E-state index is 0.466. The molecule has 1 aliphatic carbocycles. The normalized spacial score (nSPS) is 13.9. The van der Waals surface area contributed by atoms with E-state index >= 15 is 0 Å². The highest BCUT2D eigenvalue weighted by atomic mass is 35.5. The summed E-state index contributed by atoms with van der Waals surface area (Å²) in [5, 5.41) is 0.511. The van der Waals surface area contributed by atoms with Crippen LogP contribution in [0.5, 0.6) is 5.75 Å². The van der Waals surface area contributed by atoms with Crippen molar-refractivity contribution in [3.63, 3.8) is 0 Å². The van der Waals surface area contributed by atoms with Gasteiger partial charge in [-0.3, -0.25) is 4.98 Å². The maximum Gasteiger partial charge on any atom is 0.133 e. The molecular weight excluding hydrogens is 260 g/mol. The number of hydrogen-bond acceptors (Lipinski definition) is 3. The zero-order chi connectivity index (χ0) is 13.1. The molecule has 0 bridgehead atoms. The summed E-state index contributed by atoms with van der Waals surface area (Å²) in [6.45, 7) is 0.466. The summed E-state index contributed by atoms with van der Waals surface area (Å²) in [7, 11) is 0. The van der Waals surface area contributed by atoms with E-state index in [2.05, 4.69) is 9.97 Å². The summed E-state index contributed by atoms with van der Waals surface area (Å²) in [5.74, 6) is 0.861. The smallest absolute Gasteiger partial charge is 0.133 e. The number of pyridine rings is 2. The van der Waals surface area contributed by atoms with E-state index in [1.165, 1.54) is 18.4 Å². The van der Waals surface area contributed by atoms with Crippen molar-refractivity contribution in [3.05, 3.63) is 52.6 Å². The second kappa shape index (κ2) is 5.57. The van der Waals surface area contributed by atoms with E-state index in [-0.39, 0.29) is 0 Å². The van der Waals surface area contributed by atoms with Gasteiger partial charge in [0.15, 0.2) is 0 Å². The predicted octanol–water partition coefficient (Wildman–Crippen LogP) is 3.59. The third-order valence-corrected chi connectivity index (χ3v) is 3.52. The highest BCUT2D eigenvalue weighted by Crippen LogP contribution is 2.31. The second-order valence-electron chi connectivity index (χ2n) is 4.69. The fourth-order valence-corrected chi connectivity index (χ4v) is 2.60. The summed E-state index contributed by atoms with van der Waals surface area (Å²) in [6, 6.07) is 7.62. The Morgan fingerprint density at radius 2 is 2.11 bits per heavy atom. The fourth-order valence-electron chi connectivity index (χ4n) is 2.40. The first-order chi connectivity index (χ1) is 9.33. The van der Waals surface area contributed by atoms with Crippen LogP contribution in [-0.2, 0) is 19.4 Å². The van der Waals surface area contributed by atoms with Crippen LogP contribution in [0.4, 0.5) is 0 Å². The lowest BCUT2D eigenvalue weighted by Gasteiger charge is -2.19. The van der Waals surface area contributed by atoms with E-state index in [1.54, 1.807) is 6.20 Å². The molecular formula is C15H15ClN2O. The highest BCUT2D eigenvalue weighted by Gasteiger charge is 2.17. The van der Waals surface area contributed by atoms with Crippen molar-refractivity contribution in [2.45, 2.75) is 32.3 Å². The van der Waals surface area contributed by atoms with Gasteiger partial charge in [0.2, 0.25) is 0 Å². The van der Waals surface area contributed by atoms with Gasteiger partial charge in [0, 0.05) is 23.5 Å². The van der Waals surface area contributed by atoms with Crippen molar-refractivity contribution < 1.29 is 4.74 Å². The predicted molar refractivity (Wildman–Crippen MR) is 74.5 cm³/mol.